The first-order valence-electron chi connectivity index (χ1n) is 3.63. The summed E-state index contributed by atoms with van der Waals surface area (Å²) in [6.07, 6.45) is 0.636. The van der Waals surface area contributed by atoms with Crippen LogP contribution in [0.3, 0.4) is 0 Å². The van der Waals surface area contributed by atoms with Crippen LogP contribution in [0, 0.1) is 5.92 Å². The van der Waals surface area contributed by atoms with Crippen molar-refractivity contribution in [1.82, 2.24) is 10.3 Å². The Kier molecular flexibility index (Phi) is 2.83. The standard InChI is InChI=1S/C6H11N3O2S/c7-8-6(12)9-2-1-4(3-9)5(10)11/h4H,1-3,7H2,(H,8,12)(H,10,11). The molecule has 0 bridgehead atoms. The molecule has 1 unspecified atom stereocenters. The summed E-state index contributed by atoms with van der Waals surface area (Å²) >= 11 is 4.85. The number of aliphatic carboxylic acids is 1. The Morgan fingerprint density at radius 3 is 2.83 bits per heavy atom. The molecule has 0 saturated carbocycles. The molecule has 0 aliphatic carbocycles. The summed E-state index contributed by atoms with van der Waals surface area (Å²) in [7, 11) is 0. The molecular formula is C6H11N3O2S. The number of carboxylic acids is 1. The number of rotatable bonds is 1. The van der Waals surface area contributed by atoms with Gasteiger partial charge in [0.2, 0.25) is 0 Å². The molecule has 68 valence electrons. The Bertz CT molecular complexity index is 209. The van der Waals surface area contributed by atoms with E-state index < -0.39 is 5.97 Å². The highest BCUT2D eigenvalue weighted by molar-refractivity contribution is 7.80. The third kappa shape index (κ3) is 1.83. The first-order valence-corrected chi connectivity index (χ1v) is 4.04. The van der Waals surface area contributed by atoms with Crippen LogP contribution in [0.5, 0.6) is 0 Å². The molecular weight excluding hydrogens is 178 g/mol. The zero-order valence-electron chi connectivity index (χ0n) is 6.49. The van der Waals surface area contributed by atoms with E-state index >= 15 is 0 Å². The Morgan fingerprint density at radius 2 is 2.42 bits per heavy atom. The van der Waals surface area contributed by atoms with Crippen molar-refractivity contribution >= 4 is 23.3 Å². The Labute approximate surface area is 75.5 Å². The molecule has 1 saturated heterocycles. The van der Waals surface area contributed by atoms with Gasteiger partial charge in [0.25, 0.3) is 0 Å². The smallest absolute Gasteiger partial charge is 0.308 e. The minimum atomic E-state index is -0.766. The number of nitrogens with two attached hydrogens (primary N) is 1. The first kappa shape index (κ1) is 9.21. The third-order valence-electron chi connectivity index (χ3n) is 1.95. The second-order valence-corrected chi connectivity index (χ2v) is 3.11. The average molecular weight is 189 g/mol. The van der Waals surface area contributed by atoms with E-state index in [2.05, 4.69) is 5.43 Å². The number of hydrazine groups is 1. The van der Waals surface area contributed by atoms with Gasteiger partial charge in [-0.25, -0.2) is 5.84 Å². The number of carboxylic acid groups (broad SMARTS) is 1. The largest absolute Gasteiger partial charge is 0.481 e. The lowest BCUT2D eigenvalue weighted by Crippen LogP contribution is -2.42. The number of thiocarbonyl (C=S) groups is 1. The van der Waals surface area contributed by atoms with Crippen molar-refractivity contribution in [3.05, 3.63) is 0 Å². The second kappa shape index (κ2) is 3.68. The minimum Gasteiger partial charge on any atom is -0.481 e. The van der Waals surface area contributed by atoms with Crippen molar-refractivity contribution in [1.29, 1.82) is 0 Å². The number of hydrogen-bond acceptors (Lipinski definition) is 3. The van der Waals surface area contributed by atoms with Crippen molar-refractivity contribution in [3.63, 3.8) is 0 Å². The second-order valence-electron chi connectivity index (χ2n) is 2.72. The normalized spacial score (nSPS) is 22.4. The monoisotopic (exact) mass is 189 g/mol. The van der Waals surface area contributed by atoms with Crippen LogP contribution < -0.4 is 11.3 Å². The van der Waals surface area contributed by atoms with Crippen LogP contribution >= 0.6 is 12.2 Å². The SMILES string of the molecule is NNC(=S)N1CCC(C(=O)O)C1. The molecule has 6 heteroatoms. The van der Waals surface area contributed by atoms with Gasteiger partial charge < -0.3 is 15.4 Å². The maximum absolute atomic E-state index is 10.5. The van der Waals surface area contributed by atoms with Crippen molar-refractivity contribution in [3.8, 4) is 0 Å². The summed E-state index contributed by atoms with van der Waals surface area (Å²) in [5.41, 5.74) is 2.33. The molecule has 0 radical (unpaired) electrons. The molecule has 1 rings (SSSR count). The topological polar surface area (TPSA) is 78.6 Å². The van der Waals surface area contributed by atoms with Gasteiger partial charge in [-0.2, -0.15) is 0 Å². The van der Waals surface area contributed by atoms with E-state index in [1.165, 1.54) is 0 Å². The molecule has 4 N–H and O–H groups in total. The van der Waals surface area contributed by atoms with Crippen LogP contribution in [0.4, 0.5) is 0 Å². The molecule has 1 aliphatic rings. The van der Waals surface area contributed by atoms with Crippen LogP contribution in [-0.2, 0) is 4.79 Å². The van der Waals surface area contributed by atoms with E-state index in [0.717, 1.165) is 0 Å². The highest BCUT2D eigenvalue weighted by Crippen LogP contribution is 2.15. The zero-order valence-corrected chi connectivity index (χ0v) is 7.30. The van der Waals surface area contributed by atoms with Gasteiger partial charge in [0, 0.05) is 13.1 Å². The molecule has 1 fully saturated rings. The maximum atomic E-state index is 10.5. The number of hydrogen-bond donors (Lipinski definition) is 3. The maximum Gasteiger partial charge on any atom is 0.308 e. The summed E-state index contributed by atoms with van der Waals surface area (Å²) in [4.78, 5) is 12.3. The van der Waals surface area contributed by atoms with Crippen molar-refractivity contribution in [2.75, 3.05) is 13.1 Å². The first-order chi connectivity index (χ1) is 5.65. The Hall–Kier alpha value is -0.880. The van der Waals surface area contributed by atoms with Gasteiger partial charge in [-0.05, 0) is 18.6 Å². The van der Waals surface area contributed by atoms with Gasteiger partial charge in [0.1, 0.15) is 0 Å². The lowest BCUT2D eigenvalue weighted by atomic mass is 10.1. The fraction of sp³-hybridized carbons (Fsp3) is 0.667. The van der Waals surface area contributed by atoms with Gasteiger partial charge in [0.15, 0.2) is 5.11 Å². The quantitative estimate of drug-likeness (QED) is 0.283. The van der Waals surface area contributed by atoms with Gasteiger partial charge in [-0.15, -0.1) is 0 Å². The van der Waals surface area contributed by atoms with E-state index in [9.17, 15) is 4.79 Å². The summed E-state index contributed by atoms with van der Waals surface area (Å²) in [6, 6.07) is 0. The van der Waals surface area contributed by atoms with Gasteiger partial charge in [-0.1, -0.05) is 0 Å². The molecule has 1 heterocycles. The highest BCUT2D eigenvalue weighted by Gasteiger charge is 2.28. The number of likely N-dealkylation sites (tertiary alicyclic amines) is 1. The molecule has 0 aromatic heterocycles. The van der Waals surface area contributed by atoms with E-state index in [-0.39, 0.29) is 5.92 Å². The van der Waals surface area contributed by atoms with E-state index in [1.54, 1.807) is 4.90 Å². The fourth-order valence-electron chi connectivity index (χ4n) is 1.24. The van der Waals surface area contributed by atoms with Crippen LogP contribution in [0.2, 0.25) is 0 Å². The summed E-state index contributed by atoms with van der Waals surface area (Å²) in [5.74, 6) is 4.02. The van der Waals surface area contributed by atoms with Crippen molar-refractivity contribution < 1.29 is 9.90 Å². The minimum absolute atomic E-state index is 0.309. The molecule has 1 aliphatic heterocycles. The van der Waals surface area contributed by atoms with Crippen molar-refractivity contribution in [2.24, 2.45) is 11.8 Å². The van der Waals surface area contributed by atoms with E-state index in [1.807, 2.05) is 0 Å². The molecule has 0 aromatic rings. The van der Waals surface area contributed by atoms with E-state index in [0.29, 0.717) is 24.6 Å². The average Bonchev–Trinajstić information content (AvgIpc) is 2.51. The molecule has 1 atom stereocenters. The third-order valence-corrected chi connectivity index (χ3v) is 2.32. The van der Waals surface area contributed by atoms with Crippen LogP contribution in [-0.4, -0.2) is 34.2 Å². The van der Waals surface area contributed by atoms with E-state index in [4.69, 9.17) is 23.2 Å². The predicted octanol–water partition coefficient (Wildman–Crippen LogP) is -0.859. The van der Waals surface area contributed by atoms with Gasteiger partial charge >= 0.3 is 5.97 Å². The molecule has 0 amide bonds. The molecule has 0 aromatic carbocycles. The number of carbonyl (C=O) groups is 1. The lowest BCUT2D eigenvalue weighted by molar-refractivity contribution is -0.141. The molecule has 0 spiro atoms. The van der Waals surface area contributed by atoms with Crippen LogP contribution in [0.15, 0.2) is 0 Å². The molecule has 12 heavy (non-hydrogen) atoms. The summed E-state index contributed by atoms with van der Waals surface area (Å²) in [5, 5.41) is 9.08. The number of nitrogens with one attached hydrogen (secondary N) is 1. The lowest BCUT2D eigenvalue weighted by Gasteiger charge is -2.17. The Balaban J connectivity index is 2.45. The zero-order chi connectivity index (χ0) is 9.14. The van der Waals surface area contributed by atoms with Gasteiger partial charge in [0.05, 0.1) is 5.92 Å². The highest BCUT2D eigenvalue weighted by atomic mass is 32.1. The fourth-order valence-corrected chi connectivity index (χ4v) is 1.40. The van der Waals surface area contributed by atoms with Crippen LogP contribution in [0.1, 0.15) is 6.42 Å². The van der Waals surface area contributed by atoms with Gasteiger partial charge in [-0.3, -0.25) is 4.79 Å². The predicted molar refractivity (Wildman–Crippen MR) is 47.2 cm³/mol. The summed E-state index contributed by atoms with van der Waals surface area (Å²) in [6.45, 7) is 1.12. The van der Waals surface area contributed by atoms with Crippen molar-refractivity contribution in [2.45, 2.75) is 6.42 Å². The Morgan fingerprint density at radius 1 is 1.75 bits per heavy atom. The summed E-state index contributed by atoms with van der Waals surface area (Å²) < 4.78 is 0. The number of nitrogens with zero attached hydrogens (tertiary/aromatic N) is 1. The van der Waals surface area contributed by atoms with Crippen LogP contribution in [0.25, 0.3) is 0 Å². The molecule has 5 nitrogen and oxygen atoms in total.